The van der Waals surface area contributed by atoms with Gasteiger partial charge in [-0.15, -0.1) is 0 Å². The molecule has 1 amide bonds. The van der Waals surface area contributed by atoms with Crippen molar-refractivity contribution in [3.05, 3.63) is 34.2 Å². The Morgan fingerprint density at radius 2 is 1.95 bits per heavy atom. The van der Waals surface area contributed by atoms with Crippen molar-refractivity contribution in [2.45, 2.75) is 31.7 Å². The Kier molecular flexibility index (Phi) is 3.87. The van der Waals surface area contributed by atoms with Crippen LogP contribution in [0.2, 0.25) is 0 Å². The van der Waals surface area contributed by atoms with E-state index < -0.39 is 0 Å². The maximum Gasteiger partial charge on any atom is 0.270 e. The van der Waals surface area contributed by atoms with E-state index in [2.05, 4.69) is 10.3 Å². The molecule has 5 nitrogen and oxygen atoms in total. The van der Waals surface area contributed by atoms with Gasteiger partial charge in [-0.3, -0.25) is 9.59 Å². The Labute approximate surface area is 118 Å². The van der Waals surface area contributed by atoms with Gasteiger partial charge in [0.05, 0.1) is 0 Å². The number of aromatic nitrogens is 1. The first-order valence-corrected chi connectivity index (χ1v) is 7.45. The maximum atomic E-state index is 12.6. The van der Waals surface area contributed by atoms with Gasteiger partial charge in [0.25, 0.3) is 5.91 Å². The zero-order valence-corrected chi connectivity index (χ0v) is 11.6. The van der Waals surface area contributed by atoms with Crippen molar-refractivity contribution >= 4 is 5.91 Å². The van der Waals surface area contributed by atoms with Crippen molar-refractivity contribution in [2.75, 3.05) is 19.6 Å². The first kappa shape index (κ1) is 13.4. The Balaban J connectivity index is 1.72. The van der Waals surface area contributed by atoms with E-state index in [1.165, 1.54) is 6.07 Å². The zero-order chi connectivity index (χ0) is 13.9. The van der Waals surface area contributed by atoms with Gasteiger partial charge >= 0.3 is 0 Å². The maximum absolute atomic E-state index is 12.6. The van der Waals surface area contributed by atoms with Crippen LogP contribution in [0.3, 0.4) is 0 Å². The Morgan fingerprint density at radius 1 is 1.20 bits per heavy atom. The van der Waals surface area contributed by atoms with Crippen LogP contribution in [0, 0.1) is 5.92 Å². The van der Waals surface area contributed by atoms with Crippen LogP contribution < -0.4 is 10.9 Å². The number of nitrogens with zero attached hydrogens (tertiary/aromatic N) is 1. The van der Waals surface area contributed by atoms with E-state index in [4.69, 9.17) is 0 Å². The molecule has 1 aliphatic heterocycles. The lowest BCUT2D eigenvalue weighted by Gasteiger charge is -2.30. The topological polar surface area (TPSA) is 65.2 Å². The number of carbonyl (C=O) groups is 1. The van der Waals surface area contributed by atoms with Crippen molar-refractivity contribution in [3.8, 4) is 0 Å². The minimum atomic E-state index is -0.214. The van der Waals surface area contributed by atoms with E-state index in [0.717, 1.165) is 45.3 Å². The molecule has 0 bridgehead atoms. The van der Waals surface area contributed by atoms with Crippen molar-refractivity contribution in [2.24, 2.45) is 5.92 Å². The van der Waals surface area contributed by atoms with E-state index in [1.807, 2.05) is 4.90 Å². The van der Waals surface area contributed by atoms with Crippen LogP contribution in [0.1, 0.15) is 36.2 Å². The monoisotopic (exact) mass is 275 g/mol. The van der Waals surface area contributed by atoms with Crippen LogP contribution >= 0.6 is 0 Å². The second-order valence-corrected chi connectivity index (χ2v) is 5.81. The van der Waals surface area contributed by atoms with Crippen LogP contribution in [0.4, 0.5) is 0 Å². The summed E-state index contributed by atoms with van der Waals surface area (Å²) in [5.74, 6) is 0.556. The molecule has 1 saturated carbocycles. The fourth-order valence-electron chi connectivity index (χ4n) is 2.85. The summed E-state index contributed by atoms with van der Waals surface area (Å²) in [5.41, 5.74) is 0.201. The molecule has 0 unspecified atom stereocenters. The fourth-order valence-corrected chi connectivity index (χ4v) is 2.85. The summed E-state index contributed by atoms with van der Waals surface area (Å²) in [6, 6.07) is 5.15. The average molecular weight is 275 g/mol. The minimum absolute atomic E-state index is 0.0243. The molecule has 2 heterocycles. The minimum Gasteiger partial charge on any atom is -0.334 e. The summed E-state index contributed by atoms with van der Waals surface area (Å²) >= 11 is 0. The lowest BCUT2D eigenvalue weighted by Crippen LogP contribution is -2.41. The van der Waals surface area contributed by atoms with Gasteiger partial charge in [0, 0.05) is 18.7 Å². The second-order valence-electron chi connectivity index (χ2n) is 5.81. The van der Waals surface area contributed by atoms with E-state index in [-0.39, 0.29) is 11.5 Å². The standard InChI is InChI=1S/C15H21N3O2/c19-14-3-1-2-13(17-14)15(20)18(12-4-5-12)10-11-6-8-16-9-7-11/h1-3,11-12,16H,4-10H2,(H,17,19). The summed E-state index contributed by atoms with van der Waals surface area (Å²) in [7, 11) is 0. The number of amides is 1. The summed E-state index contributed by atoms with van der Waals surface area (Å²) in [5, 5.41) is 3.35. The summed E-state index contributed by atoms with van der Waals surface area (Å²) < 4.78 is 0. The second kappa shape index (κ2) is 5.79. The molecule has 0 atom stereocenters. The molecule has 1 aliphatic carbocycles. The lowest BCUT2D eigenvalue weighted by molar-refractivity contribution is 0.0695. The highest BCUT2D eigenvalue weighted by atomic mass is 16.2. The normalized spacial score (nSPS) is 19.8. The predicted molar refractivity (Wildman–Crippen MR) is 76.7 cm³/mol. The summed E-state index contributed by atoms with van der Waals surface area (Å²) in [6.45, 7) is 2.90. The highest BCUT2D eigenvalue weighted by Gasteiger charge is 2.34. The van der Waals surface area contributed by atoms with E-state index in [0.29, 0.717) is 17.7 Å². The van der Waals surface area contributed by atoms with Gasteiger partial charge in [-0.05, 0) is 50.8 Å². The highest BCUT2D eigenvalue weighted by Crippen LogP contribution is 2.30. The molecule has 108 valence electrons. The SMILES string of the molecule is O=C(c1cccc(=O)[nH]1)N(CC1CCNCC1)C1CC1. The number of carbonyl (C=O) groups excluding carboxylic acids is 1. The Hall–Kier alpha value is -1.62. The fraction of sp³-hybridized carbons (Fsp3) is 0.600. The zero-order valence-electron chi connectivity index (χ0n) is 11.6. The van der Waals surface area contributed by atoms with Crippen molar-refractivity contribution in [1.82, 2.24) is 15.2 Å². The van der Waals surface area contributed by atoms with Crippen LogP contribution in [-0.4, -0.2) is 41.5 Å². The molecular formula is C15H21N3O2. The molecule has 20 heavy (non-hydrogen) atoms. The largest absolute Gasteiger partial charge is 0.334 e. The molecule has 0 radical (unpaired) electrons. The predicted octanol–water partition coefficient (Wildman–Crippen LogP) is 0.979. The summed E-state index contributed by atoms with van der Waals surface area (Å²) in [6.07, 6.45) is 4.44. The Morgan fingerprint density at radius 3 is 2.60 bits per heavy atom. The van der Waals surface area contributed by atoms with E-state index >= 15 is 0 Å². The van der Waals surface area contributed by atoms with E-state index in [1.54, 1.807) is 12.1 Å². The molecule has 0 aromatic carbocycles. The van der Waals surface area contributed by atoms with Crippen LogP contribution in [0.5, 0.6) is 0 Å². The third-order valence-electron chi connectivity index (χ3n) is 4.16. The van der Waals surface area contributed by atoms with Gasteiger partial charge in [0.2, 0.25) is 5.56 Å². The number of hydrogen-bond acceptors (Lipinski definition) is 3. The number of pyridine rings is 1. The van der Waals surface area contributed by atoms with Crippen molar-refractivity contribution in [1.29, 1.82) is 0 Å². The van der Waals surface area contributed by atoms with Crippen molar-refractivity contribution in [3.63, 3.8) is 0 Å². The molecule has 3 rings (SSSR count). The molecule has 1 aromatic heterocycles. The van der Waals surface area contributed by atoms with Crippen LogP contribution in [-0.2, 0) is 0 Å². The van der Waals surface area contributed by atoms with Gasteiger partial charge in [0.1, 0.15) is 5.69 Å². The molecule has 0 spiro atoms. The third kappa shape index (κ3) is 3.10. The van der Waals surface area contributed by atoms with Crippen LogP contribution in [0.15, 0.2) is 23.0 Å². The first-order chi connectivity index (χ1) is 9.74. The smallest absolute Gasteiger partial charge is 0.270 e. The molecule has 2 N–H and O–H groups in total. The van der Waals surface area contributed by atoms with E-state index in [9.17, 15) is 9.59 Å². The molecule has 2 fully saturated rings. The molecule has 1 saturated heterocycles. The lowest BCUT2D eigenvalue weighted by atomic mass is 9.97. The average Bonchev–Trinajstić information content (AvgIpc) is 3.30. The number of hydrogen-bond donors (Lipinski definition) is 2. The van der Waals surface area contributed by atoms with Gasteiger partial charge in [0.15, 0.2) is 0 Å². The number of piperidine rings is 1. The van der Waals surface area contributed by atoms with Crippen molar-refractivity contribution < 1.29 is 4.79 Å². The van der Waals surface area contributed by atoms with Gasteiger partial charge in [-0.1, -0.05) is 6.07 Å². The summed E-state index contributed by atoms with van der Waals surface area (Å²) in [4.78, 5) is 28.6. The molecule has 5 heteroatoms. The third-order valence-corrected chi connectivity index (χ3v) is 4.16. The quantitative estimate of drug-likeness (QED) is 0.861. The Bertz CT molecular complexity index is 530. The number of H-pyrrole nitrogens is 1. The number of rotatable bonds is 4. The molecule has 2 aliphatic rings. The van der Waals surface area contributed by atoms with Crippen LogP contribution in [0.25, 0.3) is 0 Å². The van der Waals surface area contributed by atoms with Gasteiger partial charge in [-0.2, -0.15) is 0 Å². The van der Waals surface area contributed by atoms with Gasteiger partial charge < -0.3 is 15.2 Å². The molecule has 1 aromatic rings. The molecular weight excluding hydrogens is 254 g/mol. The number of aromatic amines is 1. The first-order valence-electron chi connectivity index (χ1n) is 7.45. The number of nitrogens with one attached hydrogen (secondary N) is 2. The van der Waals surface area contributed by atoms with Gasteiger partial charge in [-0.25, -0.2) is 0 Å². The highest BCUT2D eigenvalue weighted by molar-refractivity contribution is 5.92.